The molecular weight excluding hydrogens is 172 g/mol. The van der Waals surface area contributed by atoms with E-state index >= 15 is 0 Å². The highest BCUT2D eigenvalue weighted by molar-refractivity contribution is 7.69. The van der Waals surface area contributed by atoms with Gasteiger partial charge < -0.3 is 0 Å². The zero-order valence-corrected chi connectivity index (χ0v) is 8.49. The molecule has 0 spiro atoms. The van der Waals surface area contributed by atoms with Crippen LogP contribution in [0.15, 0.2) is 0 Å². The Morgan fingerprint density at radius 1 is 1.36 bits per heavy atom. The minimum atomic E-state index is 1.25. The highest BCUT2D eigenvalue weighted by Gasteiger charge is 2.23. The van der Waals surface area contributed by atoms with E-state index in [-0.39, 0.29) is 0 Å². The van der Waals surface area contributed by atoms with Crippen LogP contribution in [0, 0.1) is 0 Å². The van der Waals surface area contributed by atoms with Crippen molar-refractivity contribution >= 4 is 20.7 Å². The Kier molecular flexibility index (Phi) is 2.23. The van der Waals surface area contributed by atoms with Crippen LogP contribution < -0.4 is 0 Å². The van der Waals surface area contributed by atoms with Gasteiger partial charge >= 0.3 is 0 Å². The van der Waals surface area contributed by atoms with E-state index in [1.54, 1.807) is 15.3 Å². The Morgan fingerprint density at radius 3 is 3.00 bits per heavy atom. The third-order valence-electron chi connectivity index (χ3n) is 2.32. The van der Waals surface area contributed by atoms with E-state index in [1.807, 2.05) is 20.7 Å². The summed E-state index contributed by atoms with van der Waals surface area (Å²) in [6, 6.07) is 0. The van der Waals surface area contributed by atoms with Gasteiger partial charge in [-0.05, 0) is 25.7 Å². The lowest BCUT2D eigenvalue weighted by molar-refractivity contribution is 0.692. The van der Waals surface area contributed by atoms with Gasteiger partial charge in [0.05, 0.1) is 4.88 Å². The molecule has 0 saturated carbocycles. The summed E-state index contributed by atoms with van der Waals surface area (Å²) in [7, 11) is 4.03. The minimum Gasteiger partial charge on any atom is -0.0563 e. The topological polar surface area (TPSA) is 0 Å². The number of aryl methyl sites for hydroxylation is 2. The van der Waals surface area contributed by atoms with Gasteiger partial charge in [0.1, 0.15) is 0 Å². The summed E-state index contributed by atoms with van der Waals surface area (Å²) in [4.78, 5) is 3.35. The SMILES string of the molecule is CCc1[s+]sc2c1CCCC2. The van der Waals surface area contributed by atoms with Gasteiger partial charge in [0.25, 0.3) is 10.3 Å². The molecule has 1 aromatic heterocycles. The van der Waals surface area contributed by atoms with Crippen molar-refractivity contribution in [2.75, 3.05) is 0 Å². The van der Waals surface area contributed by atoms with E-state index < -0.39 is 0 Å². The predicted molar refractivity (Wildman–Crippen MR) is 52.6 cm³/mol. The van der Waals surface area contributed by atoms with Crippen LogP contribution in [0.25, 0.3) is 0 Å². The van der Waals surface area contributed by atoms with Gasteiger partial charge in [-0.2, -0.15) is 0 Å². The lowest BCUT2D eigenvalue weighted by Crippen LogP contribution is -1.99. The predicted octanol–water partition coefficient (Wildman–Crippen LogP) is 3.53. The fourth-order valence-electron chi connectivity index (χ4n) is 1.69. The van der Waals surface area contributed by atoms with Crippen LogP contribution in [0.1, 0.15) is 35.1 Å². The molecule has 0 N–H and O–H groups in total. The molecule has 0 fully saturated rings. The zero-order chi connectivity index (χ0) is 7.68. The molecule has 0 amide bonds. The lowest BCUT2D eigenvalue weighted by Gasteiger charge is -2.06. The Hall–Kier alpha value is 0.0500. The van der Waals surface area contributed by atoms with Gasteiger partial charge in [-0.1, -0.05) is 6.92 Å². The molecule has 1 aliphatic rings. The number of rotatable bonds is 1. The quantitative estimate of drug-likeness (QED) is 0.464. The van der Waals surface area contributed by atoms with Crippen molar-refractivity contribution < 1.29 is 0 Å². The molecule has 1 aromatic rings. The van der Waals surface area contributed by atoms with Crippen molar-refractivity contribution in [2.24, 2.45) is 0 Å². The van der Waals surface area contributed by atoms with E-state index in [9.17, 15) is 0 Å². The molecule has 60 valence electrons. The van der Waals surface area contributed by atoms with E-state index in [2.05, 4.69) is 6.92 Å². The molecule has 0 aromatic carbocycles. The third kappa shape index (κ3) is 1.34. The van der Waals surface area contributed by atoms with Gasteiger partial charge in [-0.25, -0.2) is 0 Å². The average molecular weight is 185 g/mol. The molecule has 0 nitrogen and oxygen atoms in total. The lowest BCUT2D eigenvalue weighted by atomic mass is 9.98. The van der Waals surface area contributed by atoms with E-state index in [0.29, 0.717) is 0 Å². The molecule has 0 radical (unpaired) electrons. The second-order valence-corrected chi connectivity index (χ2v) is 5.37. The molecule has 0 aliphatic heterocycles. The van der Waals surface area contributed by atoms with E-state index in [0.717, 1.165) is 0 Å². The summed E-state index contributed by atoms with van der Waals surface area (Å²) < 4.78 is 0. The molecule has 0 bridgehead atoms. The van der Waals surface area contributed by atoms with Crippen LogP contribution in [0.3, 0.4) is 0 Å². The molecular formula is C9H13S2+. The number of hydrogen-bond acceptors (Lipinski definition) is 1. The summed E-state index contributed by atoms with van der Waals surface area (Å²) in [5.41, 5.74) is 1.72. The second kappa shape index (κ2) is 3.20. The zero-order valence-electron chi connectivity index (χ0n) is 6.85. The maximum absolute atomic E-state index is 2.27. The van der Waals surface area contributed by atoms with E-state index in [4.69, 9.17) is 0 Å². The van der Waals surface area contributed by atoms with Gasteiger partial charge in [0.15, 0.2) is 10.3 Å². The average Bonchev–Trinajstić information content (AvgIpc) is 2.47. The largest absolute Gasteiger partial charge is 0.295 e. The normalized spacial score (nSPS) is 16.5. The summed E-state index contributed by atoms with van der Waals surface area (Å²) in [5, 5.41) is 0. The minimum absolute atomic E-state index is 1.25. The molecule has 1 heterocycles. The van der Waals surface area contributed by atoms with Gasteiger partial charge in [0.2, 0.25) is 4.88 Å². The first-order valence-corrected chi connectivity index (χ1v) is 6.49. The Bertz CT molecular complexity index is 237. The highest BCUT2D eigenvalue weighted by atomic mass is 32.9. The Balaban J connectivity index is 2.38. The van der Waals surface area contributed by atoms with Crippen molar-refractivity contribution in [3.05, 3.63) is 15.3 Å². The van der Waals surface area contributed by atoms with Crippen LogP contribution in [-0.4, -0.2) is 0 Å². The molecule has 0 unspecified atom stereocenters. The first kappa shape index (κ1) is 7.69. The third-order valence-corrected chi connectivity index (χ3v) is 5.25. The maximum Gasteiger partial charge on any atom is 0.295 e. The summed E-state index contributed by atoms with van der Waals surface area (Å²) in [5.74, 6) is 0. The monoisotopic (exact) mass is 185 g/mol. The van der Waals surface area contributed by atoms with Crippen molar-refractivity contribution in [3.8, 4) is 0 Å². The number of fused-ring (bicyclic) bond motifs is 1. The molecule has 2 rings (SSSR count). The summed E-state index contributed by atoms with van der Waals surface area (Å²) in [6.45, 7) is 2.27. The van der Waals surface area contributed by atoms with Crippen molar-refractivity contribution in [1.82, 2.24) is 0 Å². The fourth-order valence-corrected chi connectivity index (χ4v) is 4.76. The maximum atomic E-state index is 2.27. The number of hydrogen-bond donors (Lipinski definition) is 0. The first-order valence-electron chi connectivity index (χ1n) is 4.34. The van der Waals surface area contributed by atoms with E-state index in [1.165, 1.54) is 32.1 Å². The smallest absolute Gasteiger partial charge is 0.0563 e. The van der Waals surface area contributed by atoms with Crippen LogP contribution in [0.5, 0.6) is 0 Å². The van der Waals surface area contributed by atoms with Crippen LogP contribution in [-0.2, 0) is 19.3 Å². The van der Waals surface area contributed by atoms with Gasteiger partial charge in [-0.3, -0.25) is 0 Å². The van der Waals surface area contributed by atoms with Crippen molar-refractivity contribution in [3.63, 3.8) is 0 Å². The Morgan fingerprint density at radius 2 is 2.18 bits per heavy atom. The van der Waals surface area contributed by atoms with Crippen molar-refractivity contribution in [2.45, 2.75) is 39.0 Å². The molecule has 0 saturated heterocycles. The molecule has 11 heavy (non-hydrogen) atoms. The van der Waals surface area contributed by atoms with Gasteiger partial charge in [-0.15, -0.1) is 0 Å². The second-order valence-electron chi connectivity index (χ2n) is 3.05. The summed E-state index contributed by atoms with van der Waals surface area (Å²) >= 11 is 0. The van der Waals surface area contributed by atoms with Crippen molar-refractivity contribution in [1.29, 1.82) is 0 Å². The summed E-state index contributed by atoms with van der Waals surface area (Å²) in [6.07, 6.45) is 6.80. The van der Waals surface area contributed by atoms with Gasteiger partial charge in [0, 0.05) is 12.0 Å². The Labute approximate surface area is 75.3 Å². The first-order chi connectivity index (χ1) is 5.42. The highest BCUT2D eigenvalue weighted by Crippen LogP contribution is 2.34. The molecule has 0 atom stereocenters. The molecule has 1 aliphatic carbocycles. The standard InChI is InChI=1S/C9H13S2/c1-2-8-7-5-3-4-6-9(7)11-10-8/h2-6H2,1H3/q+1. The van der Waals surface area contributed by atoms with Crippen LogP contribution in [0.4, 0.5) is 0 Å². The molecule has 2 heteroatoms. The van der Waals surface area contributed by atoms with Crippen LogP contribution in [0.2, 0.25) is 0 Å². The van der Waals surface area contributed by atoms with Crippen LogP contribution >= 0.6 is 20.7 Å². The fraction of sp³-hybridized carbons (Fsp3) is 0.667.